The second-order valence-corrected chi connectivity index (χ2v) is 18.6. The quantitative estimate of drug-likeness (QED) is 0.205. The van der Waals surface area contributed by atoms with Gasteiger partial charge >= 0.3 is 6.18 Å². The minimum absolute atomic E-state index is 0.0651. The highest BCUT2D eigenvalue weighted by Gasteiger charge is 2.38. The Morgan fingerprint density at radius 1 is 1.25 bits per heavy atom. The Hall–Kier alpha value is -1.35. The van der Waals surface area contributed by atoms with E-state index in [2.05, 4.69) is 29.3 Å². The molecule has 4 atom stereocenters. The molecule has 0 aliphatic rings. The third kappa shape index (κ3) is 8.89. The second-order valence-electron chi connectivity index (χ2n) is 11.0. The normalized spacial score (nSPS) is 16.8. The number of halogens is 3. The number of fused-ring (bicyclic) bond motifs is 1. The van der Waals surface area contributed by atoms with Crippen molar-refractivity contribution in [1.29, 1.82) is 0 Å². The van der Waals surface area contributed by atoms with Crippen molar-refractivity contribution in [3.63, 3.8) is 0 Å². The van der Waals surface area contributed by atoms with Crippen LogP contribution >= 0.6 is 0 Å². The van der Waals surface area contributed by atoms with Gasteiger partial charge in [0.05, 0.1) is 33.4 Å². The van der Waals surface area contributed by atoms with Gasteiger partial charge in [0.1, 0.15) is 24.8 Å². The number of benzene rings is 1. The zero-order valence-electron chi connectivity index (χ0n) is 22.0. The Bertz CT molecular complexity index is 1040. The van der Waals surface area contributed by atoms with Gasteiger partial charge in [-0.3, -0.25) is 0 Å². The number of hydrogen-bond donors (Lipinski definition) is 3. The molecule has 0 amide bonds. The highest BCUT2D eigenvalue weighted by Crippen LogP contribution is 2.28. The van der Waals surface area contributed by atoms with Crippen LogP contribution in [-0.4, -0.2) is 57.2 Å². The molecule has 0 radical (unpaired) electrons. The van der Waals surface area contributed by atoms with Gasteiger partial charge in [-0.05, 0) is 51.4 Å². The van der Waals surface area contributed by atoms with E-state index in [-0.39, 0.29) is 6.73 Å². The van der Waals surface area contributed by atoms with Gasteiger partial charge in [-0.25, -0.2) is 13.9 Å². The van der Waals surface area contributed by atoms with Crippen molar-refractivity contribution in [2.24, 2.45) is 5.73 Å². The Morgan fingerprint density at radius 2 is 1.89 bits per heavy atom. The van der Waals surface area contributed by atoms with Gasteiger partial charge < -0.3 is 24.9 Å². The largest absolute Gasteiger partial charge is 0.414 e. The second kappa shape index (κ2) is 12.0. The zero-order chi connectivity index (χ0) is 27.5. The lowest BCUT2D eigenvalue weighted by Crippen LogP contribution is -2.40. The summed E-state index contributed by atoms with van der Waals surface area (Å²) in [7, 11) is -2.98. The maximum atomic E-state index is 13.1. The monoisotopic (exact) mass is 552 g/mol. The lowest BCUT2D eigenvalue weighted by molar-refractivity contribution is -0.215. The van der Waals surface area contributed by atoms with Crippen molar-refractivity contribution in [2.45, 2.75) is 89.4 Å². The van der Waals surface area contributed by atoms with Crippen molar-refractivity contribution in [3.05, 3.63) is 29.6 Å². The van der Waals surface area contributed by atoms with Crippen LogP contribution in [0.2, 0.25) is 25.7 Å². The number of nitrogens with two attached hydrogens (primary N) is 1. The number of imidazole rings is 1. The fourth-order valence-corrected chi connectivity index (χ4v) is 4.62. The van der Waals surface area contributed by atoms with Gasteiger partial charge in [0.2, 0.25) is 0 Å². The molecule has 0 fully saturated rings. The molecule has 0 aliphatic heterocycles. The molecule has 1 aromatic heterocycles. The summed E-state index contributed by atoms with van der Waals surface area (Å²) in [6, 6.07) is 4.94. The molecule has 2 aromatic rings. The summed E-state index contributed by atoms with van der Waals surface area (Å²) in [5.41, 5.74) is 7.20. The van der Waals surface area contributed by atoms with E-state index in [1.165, 1.54) is 0 Å². The Morgan fingerprint density at radius 3 is 2.42 bits per heavy atom. The van der Waals surface area contributed by atoms with Crippen LogP contribution in [0.3, 0.4) is 0 Å². The number of nitrogens with zero attached hydrogens (tertiary/aromatic N) is 2. The molecule has 2 unspecified atom stereocenters. The lowest BCUT2D eigenvalue weighted by atomic mass is 10.2. The SMILES string of the molecule is CC(OC[C@H](NS(=O)C(C)(C)C)c1nc2ccc([C@H](N)O)cc2n1COCC[Si](C)(C)C)C(F)(F)F. The molecule has 206 valence electrons. The van der Waals surface area contributed by atoms with Gasteiger partial charge in [-0.1, -0.05) is 25.7 Å². The zero-order valence-corrected chi connectivity index (χ0v) is 23.8. The maximum absolute atomic E-state index is 13.1. The van der Waals surface area contributed by atoms with E-state index < -0.39 is 55.0 Å². The molecule has 0 saturated carbocycles. The molecule has 36 heavy (non-hydrogen) atoms. The molecule has 1 aromatic carbocycles. The Balaban J connectivity index is 2.50. The standard InChI is InChI=1S/C23H39F3N4O4SSi/c1-15(23(24,25)26)34-13-18(29-35(32)22(2,3)4)21-28-17-9-8-16(20(27)31)12-19(17)30(21)14-33-10-11-36(5,6)7/h8-9,12,15,18,20,29,31H,10-11,13-14,27H2,1-7H3/t15?,18-,20+,35?/m0/s1. The van der Waals surface area contributed by atoms with Crippen LogP contribution in [0, 0.1) is 0 Å². The predicted molar refractivity (Wildman–Crippen MR) is 138 cm³/mol. The van der Waals surface area contributed by atoms with E-state index in [4.69, 9.17) is 15.2 Å². The number of alkyl halides is 3. The van der Waals surface area contributed by atoms with Gasteiger partial charge in [0.25, 0.3) is 0 Å². The molecular weight excluding hydrogens is 513 g/mol. The molecule has 8 nitrogen and oxygen atoms in total. The molecule has 0 aliphatic carbocycles. The molecule has 4 N–H and O–H groups in total. The minimum Gasteiger partial charge on any atom is -0.375 e. The van der Waals surface area contributed by atoms with Crippen molar-refractivity contribution in [1.82, 2.24) is 14.3 Å². The van der Waals surface area contributed by atoms with E-state index in [0.29, 0.717) is 29.0 Å². The van der Waals surface area contributed by atoms with Crippen molar-refractivity contribution in [2.75, 3.05) is 13.2 Å². The van der Waals surface area contributed by atoms with Crippen LogP contribution in [0.1, 0.15) is 51.4 Å². The van der Waals surface area contributed by atoms with Crippen LogP contribution in [0.25, 0.3) is 11.0 Å². The number of aliphatic hydroxyl groups excluding tert-OH is 1. The fourth-order valence-electron chi connectivity index (χ4n) is 3.08. The molecule has 0 bridgehead atoms. The number of aliphatic hydroxyl groups is 1. The van der Waals surface area contributed by atoms with E-state index in [0.717, 1.165) is 13.0 Å². The van der Waals surface area contributed by atoms with Crippen LogP contribution < -0.4 is 10.5 Å². The first-order valence-corrected chi connectivity index (χ1v) is 16.6. The number of ether oxygens (including phenoxy) is 2. The van der Waals surface area contributed by atoms with Crippen molar-refractivity contribution in [3.8, 4) is 0 Å². The van der Waals surface area contributed by atoms with Gasteiger partial charge in [-0.15, -0.1) is 0 Å². The molecule has 13 heteroatoms. The van der Waals surface area contributed by atoms with Crippen LogP contribution in [-0.2, 0) is 27.2 Å². The van der Waals surface area contributed by atoms with Gasteiger partial charge in [-0.2, -0.15) is 13.2 Å². The topological polar surface area (TPSA) is 112 Å². The van der Waals surface area contributed by atoms with Crippen LogP contribution in [0.15, 0.2) is 18.2 Å². The van der Waals surface area contributed by atoms with Crippen LogP contribution in [0.5, 0.6) is 0 Å². The third-order valence-corrected chi connectivity index (χ3v) is 8.77. The van der Waals surface area contributed by atoms with E-state index in [1.54, 1.807) is 43.5 Å². The molecule has 0 saturated heterocycles. The third-order valence-electron chi connectivity index (χ3n) is 5.45. The lowest BCUT2D eigenvalue weighted by Gasteiger charge is -2.26. The summed E-state index contributed by atoms with van der Waals surface area (Å²) in [5.74, 6) is 0.314. The van der Waals surface area contributed by atoms with Crippen LogP contribution in [0.4, 0.5) is 13.2 Å². The molecular formula is C23H39F3N4O4SSi. The summed E-state index contributed by atoms with van der Waals surface area (Å²) in [6.45, 7) is 13.0. The number of hydrogen-bond acceptors (Lipinski definition) is 6. The Labute approximate surface area is 214 Å². The summed E-state index contributed by atoms with van der Waals surface area (Å²) in [4.78, 5) is 4.63. The average Bonchev–Trinajstić information content (AvgIpc) is 3.09. The summed E-state index contributed by atoms with van der Waals surface area (Å²) in [5, 5.41) is 9.87. The minimum atomic E-state index is -4.54. The first kappa shape index (κ1) is 30.9. The van der Waals surface area contributed by atoms with Gasteiger partial charge in [0, 0.05) is 14.7 Å². The number of nitrogens with one attached hydrogen (secondary N) is 1. The molecule has 1 heterocycles. The number of rotatable bonds is 12. The molecule has 0 spiro atoms. The van der Waals surface area contributed by atoms with Crippen molar-refractivity contribution >= 4 is 30.1 Å². The van der Waals surface area contributed by atoms with Gasteiger partial charge in [0.15, 0.2) is 6.10 Å². The summed E-state index contributed by atoms with van der Waals surface area (Å²) in [6.07, 6.45) is -7.78. The smallest absolute Gasteiger partial charge is 0.375 e. The number of aromatic nitrogens is 2. The highest BCUT2D eigenvalue weighted by atomic mass is 32.2. The van der Waals surface area contributed by atoms with E-state index in [9.17, 15) is 22.5 Å². The summed E-state index contributed by atoms with van der Waals surface area (Å²) >= 11 is 0. The highest BCUT2D eigenvalue weighted by molar-refractivity contribution is 7.84. The van der Waals surface area contributed by atoms with Crippen molar-refractivity contribution < 1.29 is 32.0 Å². The average molecular weight is 553 g/mol. The fraction of sp³-hybridized carbons (Fsp3) is 0.696. The van der Waals surface area contributed by atoms with E-state index in [1.807, 2.05) is 0 Å². The first-order valence-electron chi connectivity index (χ1n) is 11.8. The Kier molecular flexibility index (Phi) is 10.3. The summed E-state index contributed by atoms with van der Waals surface area (Å²) < 4.78 is 67.4. The first-order chi connectivity index (χ1) is 16.4. The van der Waals surface area contributed by atoms with E-state index >= 15 is 0 Å². The predicted octanol–water partition coefficient (Wildman–Crippen LogP) is 4.36. The molecule has 2 rings (SSSR count). The maximum Gasteiger partial charge on any atom is 0.414 e.